The molecule has 2 aromatic rings. The summed E-state index contributed by atoms with van der Waals surface area (Å²) in [5.74, 6) is -0.163. The highest BCUT2D eigenvalue weighted by Gasteiger charge is 2.14. The van der Waals surface area contributed by atoms with Crippen LogP contribution in [0.25, 0.3) is 0 Å². The Morgan fingerprint density at radius 1 is 1.08 bits per heavy atom. The minimum Gasteiger partial charge on any atom is -0.496 e. The van der Waals surface area contributed by atoms with Gasteiger partial charge in [0.15, 0.2) is 0 Å². The van der Waals surface area contributed by atoms with Gasteiger partial charge in [0.05, 0.1) is 7.11 Å². The van der Waals surface area contributed by atoms with Gasteiger partial charge in [-0.1, -0.05) is 30.9 Å². The molecule has 0 unspecified atom stereocenters. The molecule has 0 saturated carbocycles. The first-order valence-corrected chi connectivity index (χ1v) is 7.69. The number of hydrogen-bond acceptors (Lipinski definition) is 4. The van der Waals surface area contributed by atoms with Gasteiger partial charge in [-0.25, -0.2) is 0 Å². The van der Waals surface area contributed by atoms with E-state index in [0.29, 0.717) is 23.8 Å². The number of nitrogens with one attached hydrogen (secondary N) is 2. The molecule has 6 heteroatoms. The maximum absolute atomic E-state index is 11.9. The second-order valence-corrected chi connectivity index (χ2v) is 5.07. The van der Waals surface area contributed by atoms with Crippen LogP contribution in [0.4, 0.5) is 5.69 Å². The van der Waals surface area contributed by atoms with Crippen LogP contribution in [-0.2, 0) is 16.1 Å². The average molecular weight is 340 g/mol. The lowest BCUT2D eigenvalue weighted by Gasteiger charge is -2.10. The van der Waals surface area contributed by atoms with Crippen molar-refractivity contribution >= 4 is 17.5 Å². The molecular weight excluding hydrogens is 320 g/mol. The number of ether oxygens (including phenoxy) is 2. The Kier molecular flexibility index (Phi) is 6.59. The van der Waals surface area contributed by atoms with Crippen LogP contribution >= 0.6 is 0 Å². The summed E-state index contributed by atoms with van der Waals surface area (Å²) in [4.78, 5) is 23.9. The largest absolute Gasteiger partial charge is 0.496 e. The second-order valence-electron chi connectivity index (χ2n) is 5.07. The van der Waals surface area contributed by atoms with E-state index in [4.69, 9.17) is 9.47 Å². The van der Waals surface area contributed by atoms with Crippen LogP contribution in [0.2, 0.25) is 0 Å². The van der Waals surface area contributed by atoms with Crippen molar-refractivity contribution in [2.75, 3.05) is 19.0 Å². The van der Waals surface area contributed by atoms with E-state index in [2.05, 4.69) is 17.2 Å². The average Bonchev–Trinajstić information content (AvgIpc) is 2.65. The molecule has 0 aliphatic heterocycles. The van der Waals surface area contributed by atoms with Crippen molar-refractivity contribution in [3.05, 3.63) is 66.7 Å². The first kappa shape index (κ1) is 18.1. The van der Waals surface area contributed by atoms with Crippen molar-refractivity contribution in [3.8, 4) is 11.5 Å². The fraction of sp³-hybridized carbons (Fsp3) is 0.158. The topological polar surface area (TPSA) is 76.7 Å². The lowest BCUT2D eigenvalue weighted by Crippen LogP contribution is -2.35. The van der Waals surface area contributed by atoms with E-state index in [-0.39, 0.29) is 6.54 Å². The first-order valence-electron chi connectivity index (χ1n) is 7.69. The fourth-order valence-corrected chi connectivity index (χ4v) is 2.08. The zero-order chi connectivity index (χ0) is 18.1. The molecular formula is C19H20N2O4. The number of para-hydroxylation sites is 1. The van der Waals surface area contributed by atoms with E-state index < -0.39 is 11.8 Å². The summed E-state index contributed by atoms with van der Waals surface area (Å²) in [6.45, 7) is 4.17. The quantitative estimate of drug-likeness (QED) is 0.600. The van der Waals surface area contributed by atoms with Gasteiger partial charge in [-0.2, -0.15) is 0 Å². The SMILES string of the molecule is C=CCOc1ccc(NC(=O)C(=O)NCc2ccccc2OC)cc1. The van der Waals surface area contributed by atoms with Gasteiger partial charge >= 0.3 is 11.8 Å². The normalized spacial score (nSPS) is 9.80. The number of anilines is 1. The van der Waals surface area contributed by atoms with Crippen LogP contribution in [0.15, 0.2) is 61.2 Å². The molecule has 0 heterocycles. The van der Waals surface area contributed by atoms with Gasteiger partial charge in [-0.3, -0.25) is 9.59 Å². The number of carbonyl (C=O) groups is 2. The number of carbonyl (C=O) groups excluding carboxylic acids is 2. The summed E-state index contributed by atoms with van der Waals surface area (Å²) >= 11 is 0. The first-order chi connectivity index (χ1) is 12.1. The van der Waals surface area contributed by atoms with E-state index >= 15 is 0 Å². The second kappa shape index (κ2) is 9.12. The van der Waals surface area contributed by atoms with Crippen LogP contribution in [0.3, 0.4) is 0 Å². The zero-order valence-corrected chi connectivity index (χ0v) is 14.0. The van der Waals surface area contributed by atoms with Gasteiger partial charge in [0.25, 0.3) is 0 Å². The van der Waals surface area contributed by atoms with Crippen molar-refractivity contribution in [2.24, 2.45) is 0 Å². The maximum Gasteiger partial charge on any atom is 0.313 e. The molecule has 130 valence electrons. The van der Waals surface area contributed by atoms with Gasteiger partial charge in [0, 0.05) is 17.8 Å². The molecule has 0 radical (unpaired) electrons. The molecule has 0 aromatic heterocycles. The Morgan fingerprint density at radius 2 is 1.80 bits per heavy atom. The number of benzene rings is 2. The smallest absolute Gasteiger partial charge is 0.313 e. The molecule has 2 amide bonds. The zero-order valence-electron chi connectivity index (χ0n) is 14.0. The Morgan fingerprint density at radius 3 is 2.48 bits per heavy atom. The fourth-order valence-electron chi connectivity index (χ4n) is 2.08. The monoisotopic (exact) mass is 340 g/mol. The van der Waals surface area contributed by atoms with Crippen molar-refractivity contribution in [2.45, 2.75) is 6.54 Å². The third-order valence-corrected chi connectivity index (χ3v) is 3.32. The lowest BCUT2D eigenvalue weighted by atomic mass is 10.2. The molecule has 2 N–H and O–H groups in total. The Labute approximate surface area is 146 Å². The molecule has 2 rings (SSSR count). The predicted octanol–water partition coefficient (Wildman–Crippen LogP) is 2.51. The van der Waals surface area contributed by atoms with Crippen LogP contribution < -0.4 is 20.1 Å². The molecule has 0 spiro atoms. The molecule has 0 aliphatic carbocycles. The summed E-state index contributed by atoms with van der Waals surface area (Å²) in [5.41, 5.74) is 1.29. The summed E-state index contributed by atoms with van der Waals surface area (Å²) in [5, 5.41) is 5.10. The molecule has 0 fully saturated rings. The predicted molar refractivity (Wildman–Crippen MR) is 95.6 cm³/mol. The highest BCUT2D eigenvalue weighted by molar-refractivity contribution is 6.39. The number of methoxy groups -OCH3 is 1. The molecule has 0 aliphatic rings. The highest BCUT2D eigenvalue weighted by atomic mass is 16.5. The number of hydrogen-bond donors (Lipinski definition) is 2. The Bertz CT molecular complexity index is 741. The van der Waals surface area contributed by atoms with Crippen molar-refractivity contribution in [3.63, 3.8) is 0 Å². The standard InChI is InChI=1S/C19H20N2O4/c1-3-12-25-16-10-8-15(9-11-16)21-19(23)18(22)20-13-14-6-4-5-7-17(14)24-2/h3-11H,1,12-13H2,2H3,(H,20,22)(H,21,23). The van der Waals surface area contributed by atoms with Crippen LogP contribution in [-0.4, -0.2) is 25.5 Å². The number of rotatable bonds is 7. The van der Waals surface area contributed by atoms with Crippen LogP contribution in [0.5, 0.6) is 11.5 Å². The molecule has 2 aromatic carbocycles. The summed E-state index contributed by atoms with van der Waals surface area (Å²) in [6, 6.07) is 14.0. The van der Waals surface area contributed by atoms with Gasteiger partial charge in [0.1, 0.15) is 18.1 Å². The maximum atomic E-state index is 11.9. The molecule has 6 nitrogen and oxygen atoms in total. The third kappa shape index (κ3) is 5.39. The van der Waals surface area contributed by atoms with E-state index in [0.717, 1.165) is 5.56 Å². The number of amides is 2. The summed E-state index contributed by atoms with van der Waals surface area (Å²) in [6.07, 6.45) is 1.64. The van der Waals surface area contributed by atoms with E-state index in [9.17, 15) is 9.59 Å². The molecule has 0 bridgehead atoms. The van der Waals surface area contributed by atoms with Gasteiger partial charge in [-0.15, -0.1) is 0 Å². The summed E-state index contributed by atoms with van der Waals surface area (Å²) in [7, 11) is 1.55. The summed E-state index contributed by atoms with van der Waals surface area (Å²) < 4.78 is 10.6. The van der Waals surface area contributed by atoms with E-state index in [1.807, 2.05) is 18.2 Å². The van der Waals surface area contributed by atoms with Gasteiger partial charge < -0.3 is 20.1 Å². The minimum atomic E-state index is -0.741. The third-order valence-electron chi connectivity index (χ3n) is 3.32. The minimum absolute atomic E-state index is 0.199. The van der Waals surface area contributed by atoms with Crippen molar-refractivity contribution < 1.29 is 19.1 Å². The van der Waals surface area contributed by atoms with E-state index in [1.54, 1.807) is 43.5 Å². The van der Waals surface area contributed by atoms with Crippen molar-refractivity contribution in [1.29, 1.82) is 0 Å². The van der Waals surface area contributed by atoms with E-state index in [1.165, 1.54) is 0 Å². The lowest BCUT2D eigenvalue weighted by molar-refractivity contribution is -0.136. The molecule has 0 atom stereocenters. The Balaban J connectivity index is 1.87. The van der Waals surface area contributed by atoms with Crippen LogP contribution in [0.1, 0.15) is 5.56 Å². The van der Waals surface area contributed by atoms with Crippen LogP contribution in [0, 0.1) is 0 Å². The Hall–Kier alpha value is -3.28. The molecule has 0 saturated heterocycles. The van der Waals surface area contributed by atoms with Gasteiger partial charge in [-0.05, 0) is 30.3 Å². The van der Waals surface area contributed by atoms with Crippen molar-refractivity contribution in [1.82, 2.24) is 5.32 Å². The molecule has 25 heavy (non-hydrogen) atoms. The van der Waals surface area contributed by atoms with Gasteiger partial charge in [0.2, 0.25) is 0 Å². The highest BCUT2D eigenvalue weighted by Crippen LogP contribution is 2.17.